The quantitative estimate of drug-likeness (QED) is 0.777. The number of pyridine rings is 1. The molecule has 0 saturated heterocycles. The summed E-state index contributed by atoms with van der Waals surface area (Å²) in [6.07, 6.45) is 2.62. The van der Waals surface area contributed by atoms with Crippen molar-refractivity contribution in [2.75, 3.05) is 16.8 Å². The second-order valence-electron chi connectivity index (χ2n) is 6.19. The number of rotatable bonds is 3. The minimum atomic E-state index is -0.146. The summed E-state index contributed by atoms with van der Waals surface area (Å²) >= 11 is 0. The van der Waals surface area contributed by atoms with Crippen LogP contribution in [-0.2, 0) is 6.42 Å². The molecule has 0 radical (unpaired) electrons. The maximum atomic E-state index is 12.6. The van der Waals surface area contributed by atoms with E-state index >= 15 is 0 Å². The number of hydrogen-bond acceptors (Lipinski definition) is 3. The SMILES string of the molecule is Cc1ccc(C(=O)Nc2ccccc2N2CCc3ccccc32)cn1. The highest BCUT2D eigenvalue weighted by Gasteiger charge is 2.22. The summed E-state index contributed by atoms with van der Waals surface area (Å²) in [6.45, 7) is 2.82. The van der Waals surface area contributed by atoms with Crippen molar-refractivity contribution in [3.63, 3.8) is 0 Å². The van der Waals surface area contributed by atoms with E-state index in [0.717, 1.165) is 30.0 Å². The number of aromatic nitrogens is 1. The first kappa shape index (κ1) is 15.4. The maximum absolute atomic E-state index is 12.6. The van der Waals surface area contributed by atoms with Crippen LogP contribution in [0.5, 0.6) is 0 Å². The van der Waals surface area contributed by atoms with Crippen LogP contribution in [0, 0.1) is 6.92 Å². The monoisotopic (exact) mass is 329 g/mol. The number of aryl methyl sites for hydroxylation is 1. The summed E-state index contributed by atoms with van der Waals surface area (Å²) in [5.74, 6) is -0.146. The first-order valence-electron chi connectivity index (χ1n) is 8.41. The van der Waals surface area contributed by atoms with Gasteiger partial charge in [-0.15, -0.1) is 0 Å². The van der Waals surface area contributed by atoms with Crippen molar-refractivity contribution in [3.8, 4) is 0 Å². The summed E-state index contributed by atoms with van der Waals surface area (Å²) in [4.78, 5) is 19.0. The molecule has 2 aromatic carbocycles. The Labute approximate surface area is 147 Å². The number of fused-ring (bicyclic) bond motifs is 1. The Morgan fingerprint density at radius 3 is 2.56 bits per heavy atom. The van der Waals surface area contributed by atoms with Crippen LogP contribution in [0.1, 0.15) is 21.6 Å². The smallest absolute Gasteiger partial charge is 0.257 e. The van der Waals surface area contributed by atoms with Gasteiger partial charge in [0.2, 0.25) is 0 Å². The molecule has 4 nitrogen and oxygen atoms in total. The molecule has 1 N–H and O–H groups in total. The summed E-state index contributed by atoms with van der Waals surface area (Å²) in [7, 11) is 0. The van der Waals surface area contributed by atoms with Crippen molar-refractivity contribution in [2.45, 2.75) is 13.3 Å². The minimum absolute atomic E-state index is 0.146. The Hall–Kier alpha value is -3.14. The van der Waals surface area contributed by atoms with E-state index < -0.39 is 0 Å². The molecule has 0 fully saturated rings. The molecule has 1 aliphatic heterocycles. The Kier molecular flexibility index (Phi) is 3.94. The number of para-hydroxylation sites is 3. The lowest BCUT2D eigenvalue weighted by molar-refractivity contribution is 0.102. The lowest BCUT2D eigenvalue weighted by atomic mass is 10.1. The van der Waals surface area contributed by atoms with E-state index in [2.05, 4.69) is 39.5 Å². The van der Waals surface area contributed by atoms with E-state index in [9.17, 15) is 4.79 Å². The molecule has 25 heavy (non-hydrogen) atoms. The molecule has 0 spiro atoms. The van der Waals surface area contributed by atoms with E-state index in [0.29, 0.717) is 5.56 Å². The van der Waals surface area contributed by atoms with Gasteiger partial charge in [0, 0.05) is 24.1 Å². The van der Waals surface area contributed by atoms with Crippen LogP contribution in [0.25, 0.3) is 0 Å². The summed E-state index contributed by atoms with van der Waals surface area (Å²) < 4.78 is 0. The van der Waals surface area contributed by atoms with Gasteiger partial charge in [-0.2, -0.15) is 0 Å². The van der Waals surface area contributed by atoms with Crippen LogP contribution in [-0.4, -0.2) is 17.4 Å². The third-order valence-corrected chi connectivity index (χ3v) is 4.50. The van der Waals surface area contributed by atoms with Gasteiger partial charge in [-0.25, -0.2) is 0 Å². The standard InChI is InChI=1S/C21H19N3O/c1-15-10-11-17(14-22-15)21(25)23-18-7-3-5-9-20(18)24-13-12-16-6-2-4-8-19(16)24/h2-11,14H,12-13H2,1H3,(H,23,25). The molecule has 0 atom stereocenters. The summed E-state index contributed by atoms with van der Waals surface area (Å²) in [5.41, 5.74) is 5.83. The summed E-state index contributed by atoms with van der Waals surface area (Å²) in [6, 6.07) is 20.0. The highest BCUT2D eigenvalue weighted by Crippen LogP contribution is 2.38. The van der Waals surface area contributed by atoms with Crippen LogP contribution in [0.3, 0.4) is 0 Å². The Morgan fingerprint density at radius 2 is 1.76 bits per heavy atom. The highest BCUT2D eigenvalue weighted by atomic mass is 16.1. The molecule has 0 aliphatic carbocycles. The first-order chi connectivity index (χ1) is 12.2. The van der Waals surface area contributed by atoms with Gasteiger partial charge in [0.15, 0.2) is 0 Å². The van der Waals surface area contributed by atoms with Crippen molar-refractivity contribution in [1.29, 1.82) is 0 Å². The van der Waals surface area contributed by atoms with Gasteiger partial charge in [-0.3, -0.25) is 9.78 Å². The lowest BCUT2D eigenvalue weighted by Gasteiger charge is -2.23. The molecule has 124 valence electrons. The van der Waals surface area contributed by atoms with Crippen molar-refractivity contribution in [3.05, 3.63) is 83.7 Å². The Bertz CT molecular complexity index is 918. The number of nitrogens with one attached hydrogen (secondary N) is 1. The van der Waals surface area contributed by atoms with Crippen LogP contribution in [0.15, 0.2) is 66.9 Å². The van der Waals surface area contributed by atoms with Gasteiger partial charge in [-0.1, -0.05) is 30.3 Å². The number of nitrogens with zero attached hydrogens (tertiary/aromatic N) is 2. The molecule has 1 aromatic heterocycles. The average molecular weight is 329 g/mol. The highest BCUT2D eigenvalue weighted by molar-refractivity contribution is 6.06. The van der Waals surface area contributed by atoms with Crippen LogP contribution in [0.2, 0.25) is 0 Å². The molecule has 0 bridgehead atoms. The summed E-state index contributed by atoms with van der Waals surface area (Å²) in [5, 5.41) is 3.03. The number of carbonyl (C=O) groups is 1. The largest absolute Gasteiger partial charge is 0.339 e. The Morgan fingerprint density at radius 1 is 1.00 bits per heavy atom. The molecule has 1 aliphatic rings. The molecule has 0 unspecified atom stereocenters. The van der Waals surface area contributed by atoms with Gasteiger partial charge >= 0.3 is 0 Å². The van der Waals surface area contributed by atoms with Gasteiger partial charge in [-0.05, 0) is 49.2 Å². The average Bonchev–Trinajstić information content (AvgIpc) is 3.07. The third kappa shape index (κ3) is 2.98. The molecule has 4 rings (SSSR count). The first-order valence-corrected chi connectivity index (χ1v) is 8.41. The van der Waals surface area contributed by atoms with E-state index in [-0.39, 0.29) is 5.91 Å². The molecule has 1 amide bonds. The van der Waals surface area contributed by atoms with Crippen molar-refractivity contribution in [2.24, 2.45) is 0 Å². The Balaban J connectivity index is 1.64. The van der Waals surface area contributed by atoms with E-state index in [1.165, 1.54) is 11.3 Å². The van der Waals surface area contributed by atoms with Gasteiger partial charge < -0.3 is 10.2 Å². The lowest BCUT2D eigenvalue weighted by Crippen LogP contribution is -2.18. The fourth-order valence-corrected chi connectivity index (χ4v) is 3.20. The van der Waals surface area contributed by atoms with Crippen LogP contribution in [0.4, 0.5) is 17.1 Å². The number of benzene rings is 2. The van der Waals surface area contributed by atoms with E-state index in [1.807, 2.05) is 37.3 Å². The molecule has 4 heteroatoms. The van der Waals surface area contributed by atoms with Gasteiger partial charge in [0.25, 0.3) is 5.91 Å². The van der Waals surface area contributed by atoms with Crippen molar-refractivity contribution < 1.29 is 4.79 Å². The minimum Gasteiger partial charge on any atom is -0.339 e. The fourth-order valence-electron chi connectivity index (χ4n) is 3.20. The van der Waals surface area contributed by atoms with E-state index in [1.54, 1.807) is 12.3 Å². The third-order valence-electron chi connectivity index (χ3n) is 4.50. The fraction of sp³-hybridized carbons (Fsp3) is 0.143. The van der Waals surface area contributed by atoms with Crippen LogP contribution < -0.4 is 10.2 Å². The van der Waals surface area contributed by atoms with E-state index in [4.69, 9.17) is 0 Å². The number of anilines is 3. The molecule has 0 saturated carbocycles. The zero-order chi connectivity index (χ0) is 17.2. The second-order valence-corrected chi connectivity index (χ2v) is 6.19. The topological polar surface area (TPSA) is 45.2 Å². The molecule has 2 heterocycles. The zero-order valence-electron chi connectivity index (χ0n) is 14.1. The molecular formula is C21H19N3O. The van der Waals surface area contributed by atoms with Gasteiger partial charge in [0.05, 0.1) is 16.9 Å². The number of amides is 1. The second kappa shape index (κ2) is 6.40. The normalized spacial score (nSPS) is 12.8. The zero-order valence-corrected chi connectivity index (χ0v) is 14.1. The van der Waals surface area contributed by atoms with Gasteiger partial charge in [0.1, 0.15) is 0 Å². The number of carbonyl (C=O) groups excluding carboxylic acids is 1. The van der Waals surface area contributed by atoms with Crippen molar-refractivity contribution >= 4 is 23.0 Å². The van der Waals surface area contributed by atoms with Crippen molar-refractivity contribution in [1.82, 2.24) is 4.98 Å². The molecule has 3 aromatic rings. The molecular weight excluding hydrogens is 310 g/mol. The predicted molar refractivity (Wildman–Crippen MR) is 101 cm³/mol. The maximum Gasteiger partial charge on any atom is 0.257 e. The number of hydrogen-bond donors (Lipinski definition) is 1. The predicted octanol–water partition coefficient (Wildman–Crippen LogP) is 4.34. The van der Waals surface area contributed by atoms with Crippen LogP contribution >= 0.6 is 0 Å².